The van der Waals surface area contributed by atoms with Crippen LogP contribution >= 0.6 is 11.6 Å². The van der Waals surface area contributed by atoms with Gasteiger partial charge < -0.3 is 25.4 Å². The van der Waals surface area contributed by atoms with Crippen LogP contribution in [0.15, 0.2) is 30.1 Å². The predicted octanol–water partition coefficient (Wildman–Crippen LogP) is 5.29. The summed E-state index contributed by atoms with van der Waals surface area (Å²) in [6.07, 6.45) is 4.69. The number of carbonyl (C=O) groups excluding carboxylic acids is 2. The van der Waals surface area contributed by atoms with Crippen molar-refractivity contribution in [3.63, 3.8) is 0 Å². The lowest BCUT2D eigenvalue weighted by molar-refractivity contribution is -0.192. The molecule has 2 amide bonds. The number of likely N-dealkylation sites (tertiary alicyclic amines) is 1. The average Bonchev–Trinajstić information content (AvgIpc) is 3.48. The number of nitrogens with one attached hydrogen (secondary N) is 2. The molecule has 3 N–H and O–H groups in total. The molecule has 1 saturated heterocycles. The van der Waals surface area contributed by atoms with Gasteiger partial charge in [-0.25, -0.2) is 19.8 Å². The number of aromatic nitrogens is 2. The molecule has 0 unspecified atom stereocenters. The Morgan fingerprint density at radius 3 is 2.41 bits per heavy atom. The molecule has 3 aliphatic rings. The molecule has 12 nitrogen and oxygen atoms in total. The Morgan fingerprint density at radius 2 is 1.80 bits per heavy atom. The Bertz CT molecular complexity index is 1440. The van der Waals surface area contributed by atoms with E-state index in [1.165, 1.54) is 31.3 Å². The van der Waals surface area contributed by atoms with E-state index in [1.54, 1.807) is 19.2 Å². The number of halogens is 4. The second-order valence-corrected chi connectivity index (χ2v) is 11.4. The van der Waals surface area contributed by atoms with Crippen molar-refractivity contribution in [2.45, 2.75) is 57.2 Å². The van der Waals surface area contributed by atoms with Gasteiger partial charge in [-0.3, -0.25) is 14.4 Å². The third-order valence-corrected chi connectivity index (χ3v) is 8.21. The molecular weight excluding hydrogens is 633 g/mol. The number of rotatable bonds is 7. The number of amides is 2. The highest BCUT2D eigenvalue weighted by Gasteiger charge is 2.38. The van der Waals surface area contributed by atoms with Crippen molar-refractivity contribution in [3.05, 3.63) is 40.7 Å². The van der Waals surface area contributed by atoms with Crippen LogP contribution in [-0.2, 0) is 19.2 Å². The first-order valence-corrected chi connectivity index (χ1v) is 15.2. The van der Waals surface area contributed by atoms with Gasteiger partial charge in [0.1, 0.15) is 29.8 Å². The summed E-state index contributed by atoms with van der Waals surface area (Å²) < 4.78 is 38.0. The molecule has 2 aromatic rings. The largest absolute Gasteiger partial charge is 0.490 e. The van der Waals surface area contributed by atoms with E-state index < -0.39 is 12.1 Å². The van der Waals surface area contributed by atoms with E-state index >= 15 is 0 Å². The van der Waals surface area contributed by atoms with Gasteiger partial charge in [0.2, 0.25) is 5.91 Å². The summed E-state index contributed by atoms with van der Waals surface area (Å²) in [4.78, 5) is 50.2. The maximum Gasteiger partial charge on any atom is 0.490 e. The molecule has 1 aromatic carbocycles. The van der Waals surface area contributed by atoms with Crippen LogP contribution in [0.2, 0.25) is 5.02 Å². The summed E-state index contributed by atoms with van der Waals surface area (Å²) >= 11 is 6.61. The SMILES string of the molecule is CON(C)C(=O)C1=Cc2c(ncnc2Nc2ccc(OC3CCN(C(=O)C4CCCC4)CC3)c(Cl)c2)NCC1.O=C(O)C(F)(F)F. The fourth-order valence-electron chi connectivity index (χ4n) is 5.40. The van der Waals surface area contributed by atoms with E-state index in [4.69, 9.17) is 31.1 Å². The van der Waals surface area contributed by atoms with Crippen LogP contribution in [-0.4, -0.2) is 88.9 Å². The van der Waals surface area contributed by atoms with Gasteiger partial charge in [-0.15, -0.1) is 0 Å². The van der Waals surface area contributed by atoms with Gasteiger partial charge in [0.05, 0.1) is 17.7 Å². The van der Waals surface area contributed by atoms with Crippen molar-refractivity contribution in [1.82, 2.24) is 19.9 Å². The van der Waals surface area contributed by atoms with Gasteiger partial charge >= 0.3 is 12.1 Å². The van der Waals surface area contributed by atoms with Gasteiger partial charge in [0, 0.05) is 56.7 Å². The lowest BCUT2D eigenvalue weighted by Crippen LogP contribution is -2.44. The molecule has 0 spiro atoms. The summed E-state index contributed by atoms with van der Waals surface area (Å²) in [5, 5.41) is 15.4. The number of carboxylic acids is 1. The van der Waals surface area contributed by atoms with Gasteiger partial charge in [0.15, 0.2) is 0 Å². The molecule has 1 aliphatic carbocycles. The van der Waals surface area contributed by atoms with Crippen molar-refractivity contribution in [2.75, 3.05) is 44.4 Å². The lowest BCUT2D eigenvalue weighted by atomic mass is 10.0. The van der Waals surface area contributed by atoms with Crippen molar-refractivity contribution in [1.29, 1.82) is 0 Å². The molecule has 16 heteroatoms. The van der Waals surface area contributed by atoms with Gasteiger partial charge in [-0.05, 0) is 43.5 Å². The van der Waals surface area contributed by atoms with E-state index in [0.29, 0.717) is 52.4 Å². The number of hydrogen-bond acceptors (Lipinski definition) is 9. The number of hydrogen-bond donors (Lipinski definition) is 3. The van der Waals surface area contributed by atoms with Crippen LogP contribution in [0, 0.1) is 5.92 Å². The average molecular weight is 669 g/mol. The Labute approximate surface area is 268 Å². The summed E-state index contributed by atoms with van der Waals surface area (Å²) in [7, 11) is 3.03. The highest BCUT2D eigenvalue weighted by Crippen LogP contribution is 2.34. The zero-order valence-electron chi connectivity index (χ0n) is 25.4. The molecule has 2 fully saturated rings. The van der Waals surface area contributed by atoms with Crippen LogP contribution in [0.3, 0.4) is 0 Å². The maximum absolute atomic E-state index is 12.7. The maximum atomic E-state index is 12.7. The molecule has 2 aliphatic heterocycles. The number of ether oxygens (including phenoxy) is 1. The Kier molecular flexibility index (Phi) is 11.7. The molecular formula is C30H36ClF3N6O6. The van der Waals surface area contributed by atoms with Gasteiger partial charge in [0.25, 0.3) is 5.91 Å². The molecule has 1 saturated carbocycles. The second-order valence-electron chi connectivity index (χ2n) is 11.0. The zero-order chi connectivity index (χ0) is 33.4. The highest BCUT2D eigenvalue weighted by molar-refractivity contribution is 6.32. The Balaban J connectivity index is 0.000000617. The fourth-order valence-corrected chi connectivity index (χ4v) is 5.63. The summed E-state index contributed by atoms with van der Waals surface area (Å²) in [6.45, 7) is 2.01. The number of aliphatic carboxylic acids is 1. The number of likely N-dealkylation sites (N-methyl/N-ethyl adjacent to an activating group) is 1. The van der Waals surface area contributed by atoms with Crippen LogP contribution < -0.4 is 15.4 Å². The molecule has 0 radical (unpaired) electrons. The van der Waals surface area contributed by atoms with Gasteiger partial charge in [-0.2, -0.15) is 13.2 Å². The number of nitrogens with zero attached hydrogens (tertiary/aromatic N) is 4. The van der Waals surface area contributed by atoms with Crippen molar-refractivity contribution < 1.29 is 42.2 Å². The number of hydroxylamine groups is 2. The zero-order valence-corrected chi connectivity index (χ0v) is 26.2. The first-order chi connectivity index (χ1) is 21.9. The fraction of sp³-hybridized carbons (Fsp3) is 0.500. The van der Waals surface area contributed by atoms with Crippen LogP contribution in [0.1, 0.15) is 50.5 Å². The molecule has 0 atom stereocenters. The minimum absolute atomic E-state index is 0.0176. The highest BCUT2D eigenvalue weighted by atomic mass is 35.5. The number of fused-ring (bicyclic) bond motifs is 1. The third kappa shape index (κ3) is 9.00. The second kappa shape index (κ2) is 15.5. The van der Waals surface area contributed by atoms with Crippen molar-refractivity contribution in [2.24, 2.45) is 5.92 Å². The summed E-state index contributed by atoms with van der Waals surface area (Å²) in [5.74, 6) is -0.654. The molecule has 5 rings (SSSR count). The normalized spacial score (nSPS) is 17.0. The lowest BCUT2D eigenvalue weighted by Gasteiger charge is -2.33. The molecule has 1 aromatic heterocycles. The molecule has 250 valence electrons. The first kappa shape index (κ1) is 34.8. The number of anilines is 3. The topological polar surface area (TPSA) is 146 Å². The van der Waals surface area contributed by atoms with Crippen molar-refractivity contribution in [3.8, 4) is 5.75 Å². The standard InChI is InChI=1S/C28H35ClN6O4.C2HF3O2/c1-34(38-2)27(36)19-9-12-30-25-22(15-19)26(32-17-31-25)33-20-7-8-24(23(29)16-20)39-21-10-13-35(14-11-21)28(37)18-5-3-4-6-18;3-2(4,5)1(6)7/h7-8,15-18,21H,3-6,9-14H2,1-2H3,(H2,30,31,32,33);(H,6,7). The van der Waals surface area contributed by atoms with Crippen molar-refractivity contribution >= 4 is 52.8 Å². The Morgan fingerprint density at radius 1 is 1.13 bits per heavy atom. The number of carboxylic acid groups (broad SMARTS) is 1. The Hall–Kier alpha value is -4.11. The minimum Gasteiger partial charge on any atom is -0.489 e. The van der Waals surface area contributed by atoms with Crippen LogP contribution in [0.5, 0.6) is 5.75 Å². The van der Waals surface area contributed by atoms with Crippen LogP contribution in [0.25, 0.3) is 6.08 Å². The van der Waals surface area contributed by atoms with Crippen LogP contribution in [0.4, 0.5) is 30.5 Å². The third-order valence-electron chi connectivity index (χ3n) is 7.91. The molecule has 3 heterocycles. The van der Waals surface area contributed by atoms with E-state index in [2.05, 4.69) is 20.6 Å². The number of benzene rings is 1. The van der Waals surface area contributed by atoms with E-state index in [-0.39, 0.29) is 17.9 Å². The number of alkyl halides is 3. The summed E-state index contributed by atoms with van der Waals surface area (Å²) in [5.41, 5.74) is 1.99. The molecule has 46 heavy (non-hydrogen) atoms. The monoisotopic (exact) mass is 668 g/mol. The van der Waals surface area contributed by atoms with E-state index in [0.717, 1.165) is 44.5 Å². The molecule has 0 bridgehead atoms. The number of carbonyl (C=O) groups is 3. The number of piperidine rings is 1. The first-order valence-electron chi connectivity index (χ1n) is 14.8. The summed E-state index contributed by atoms with van der Waals surface area (Å²) in [6, 6.07) is 5.52. The van der Waals surface area contributed by atoms with E-state index in [1.807, 2.05) is 17.0 Å². The van der Waals surface area contributed by atoms with Gasteiger partial charge in [-0.1, -0.05) is 24.4 Å². The van der Waals surface area contributed by atoms with E-state index in [9.17, 15) is 22.8 Å². The smallest absolute Gasteiger partial charge is 0.489 e. The quantitative estimate of drug-likeness (QED) is 0.333. The predicted molar refractivity (Wildman–Crippen MR) is 164 cm³/mol. The minimum atomic E-state index is -5.08.